The van der Waals surface area contributed by atoms with Gasteiger partial charge >= 0.3 is 11.9 Å². The van der Waals surface area contributed by atoms with Crippen LogP contribution in [0.2, 0.25) is 0 Å². The highest BCUT2D eigenvalue weighted by molar-refractivity contribution is 5.82. The first-order chi connectivity index (χ1) is 10.7. The molecule has 2 unspecified atom stereocenters. The summed E-state index contributed by atoms with van der Waals surface area (Å²) < 4.78 is 10.6. The maximum Gasteiger partial charge on any atom is 0.309 e. The summed E-state index contributed by atoms with van der Waals surface area (Å²) in [6.45, 7) is 8.06. The summed E-state index contributed by atoms with van der Waals surface area (Å²) in [5.74, 6) is -1.19. The number of unbranched alkanes of at least 4 members (excludes halogenated alkanes) is 2. The zero-order valence-electron chi connectivity index (χ0n) is 13.4. The molecule has 1 aliphatic carbocycles. The maximum absolute atomic E-state index is 12.2. The van der Waals surface area contributed by atoms with Gasteiger partial charge in [0, 0.05) is 0 Å². The highest BCUT2D eigenvalue weighted by Crippen LogP contribution is 2.32. The van der Waals surface area contributed by atoms with Gasteiger partial charge in [-0.2, -0.15) is 0 Å². The first-order valence-electron chi connectivity index (χ1n) is 8.25. The minimum absolute atomic E-state index is 0.253. The molecule has 2 atom stereocenters. The molecule has 0 radical (unpaired) electrons. The standard InChI is InChI=1S/C18H28O4/c1-3-5-9-13-21-17(19)15-11-7-8-12-16(15)18(20)22-14-10-6-4-2/h3-4,15-16H,1-2,5-14H2. The molecule has 22 heavy (non-hydrogen) atoms. The Hall–Kier alpha value is -1.58. The van der Waals surface area contributed by atoms with Crippen LogP contribution in [0.25, 0.3) is 0 Å². The van der Waals surface area contributed by atoms with E-state index in [-0.39, 0.29) is 23.8 Å². The van der Waals surface area contributed by atoms with Gasteiger partial charge in [-0.15, -0.1) is 13.2 Å². The van der Waals surface area contributed by atoms with Crippen molar-refractivity contribution in [2.75, 3.05) is 13.2 Å². The summed E-state index contributed by atoms with van der Waals surface area (Å²) in [4.78, 5) is 24.4. The molecule has 0 aliphatic heterocycles. The molecule has 0 spiro atoms. The molecule has 0 saturated heterocycles. The van der Waals surface area contributed by atoms with Crippen molar-refractivity contribution in [3.8, 4) is 0 Å². The number of carbonyl (C=O) groups is 2. The Morgan fingerprint density at radius 2 is 1.27 bits per heavy atom. The highest BCUT2D eigenvalue weighted by atomic mass is 16.5. The van der Waals surface area contributed by atoms with Crippen LogP contribution in [0.5, 0.6) is 0 Å². The molecule has 0 aromatic carbocycles. The van der Waals surface area contributed by atoms with Gasteiger partial charge in [0.2, 0.25) is 0 Å². The van der Waals surface area contributed by atoms with Gasteiger partial charge in [-0.1, -0.05) is 25.0 Å². The molecule has 1 fully saturated rings. The lowest BCUT2D eigenvalue weighted by Crippen LogP contribution is -2.35. The predicted molar refractivity (Wildman–Crippen MR) is 86.2 cm³/mol. The van der Waals surface area contributed by atoms with Crippen LogP contribution in [-0.4, -0.2) is 25.2 Å². The third-order valence-electron chi connectivity index (χ3n) is 3.97. The van der Waals surface area contributed by atoms with Gasteiger partial charge in [0.15, 0.2) is 0 Å². The summed E-state index contributed by atoms with van der Waals surface area (Å²) >= 11 is 0. The number of ether oxygens (including phenoxy) is 2. The number of carbonyl (C=O) groups excluding carboxylic acids is 2. The van der Waals surface area contributed by atoms with Gasteiger partial charge in [0.05, 0.1) is 25.0 Å². The van der Waals surface area contributed by atoms with E-state index in [1.165, 1.54) is 0 Å². The molecule has 124 valence electrons. The van der Waals surface area contributed by atoms with Crippen LogP contribution < -0.4 is 0 Å². The van der Waals surface area contributed by atoms with Gasteiger partial charge in [-0.05, 0) is 38.5 Å². The van der Waals surface area contributed by atoms with E-state index in [9.17, 15) is 9.59 Å². The Bertz CT molecular complexity index is 339. The van der Waals surface area contributed by atoms with Crippen LogP contribution >= 0.6 is 0 Å². The first-order valence-corrected chi connectivity index (χ1v) is 8.25. The maximum atomic E-state index is 12.2. The molecule has 4 nitrogen and oxygen atoms in total. The van der Waals surface area contributed by atoms with Gasteiger partial charge in [-0.3, -0.25) is 9.59 Å². The van der Waals surface area contributed by atoms with Crippen molar-refractivity contribution < 1.29 is 19.1 Å². The number of hydrogen-bond donors (Lipinski definition) is 0. The van der Waals surface area contributed by atoms with E-state index >= 15 is 0 Å². The number of rotatable bonds is 10. The van der Waals surface area contributed by atoms with Gasteiger partial charge in [-0.25, -0.2) is 0 Å². The SMILES string of the molecule is C=CCCCOC(=O)C1CCCCC1C(=O)OCCCC=C. The van der Waals surface area contributed by atoms with Crippen molar-refractivity contribution in [2.45, 2.75) is 51.4 Å². The molecule has 0 N–H and O–H groups in total. The van der Waals surface area contributed by atoms with Gasteiger partial charge in [0.1, 0.15) is 0 Å². The van der Waals surface area contributed by atoms with E-state index in [1.54, 1.807) is 12.2 Å². The van der Waals surface area contributed by atoms with Crippen molar-refractivity contribution >= 4 is 11.9 Å². The Kier molecular flexibility index (Phi) is 9.28. The molecule has 0 aromatic heterocycles. The topological polar surface area (TPSA) is 52.6 Å². The average Bonchev–Trinajstić information content (AvgIpc) is 2.55. The Balaban J connectivity index is 2.43. The van der Waals surface area contributed by atoms with E-state index in [4.69, 9.17) is 9.47 Å². The molecule has 1 aliphatic rings. The first kappa shape index (κ1) is 18.5. The number of allylic oxidation sites excluding steroid dienone is 2. The van der Waals surface area contributed by atoms with Crippen LogP contribution in [0.1, 0.15) is 51.4 Å². The number of esters is 2. The highest BCUT2D eigenvalue weighted by Gasteiger charge is 2.37. The minimum Gasteiger partial charge on any atom is -0.465 e. The fourth-order valence-electron chi connectivity index (χ4n) is 2.71. The Morgan fingerprint density at radius 3 is 1.64 bits per heavy atom. The molecule has 0 bridgehead atoms. The van der Waals surface area contributed by atoms with Gasteiger partial charge < -0.3 is 9.47 Å². The van der Waals surface area contributed by atoms with Crippen LogP contribution in [0, 0.1) is 11.8 Å². The average molecular weight is 308 g/mol. The van der Waals surface area contributed by atoms with Crippen LogP contribution in [-0.2, 0) is 19.1 Å². The molecule has 1 rings (SSSR count). The second kappa shape index (κ2) is 11.0. The fourth-order valence-corrected chi connectivity index (χ4v) is 2.71. The third-order valence-corrected chi connectivity index (χ3v) is 3.97. The zero-order chi connectivity index (χ0) is 16.2. The molecular formula is C18H28O4. The summed E-state index contributed by atoms with van der Waals surface area (Å²) in [5.41, 5.74) is 0. The van der Waals surface area contributed by atoms with Crippen LogP contribution in [0.3, 0.4) is 0 Å². The Morgan fingerprint density at radius 1 is 0.864 bits per heavy atom. The predicted octanol–water partition coefficient (Wildman–Crippen LogP) is 3.81. The lowest BCUT2D eigenvalue weighted by molar-refractivity contribution is -0.163. The summed E-state index contributed by atoms with van der Waals surface area (Å²) in [6.07, 6.45) is 10.2. The van der Waals surface area contributed by atoms with Crippen molar-refractivity contribution in [3.63, 3.8) is 0 Å². The lowest BCUT2D eigenvalue weighted by atomic mass is 9.79. The molecular weight excluding hydrogens is 280 g/mol. The minimum atomic E-state index is -0.343. The Labute approximate surface area is 133 Å². The van der Waals surface area contributed by atoms with Crippen molar-refractivity contribution in [1.82, 2.24) is 0 Å². The molecule has 0 aromatic rings. The lowest BCUT2D eigenvalue weighted by Gasteiger charge is -2.28. The summed E-state index contributed by atoms with van der Waals surface area (Å²) in [7, 11) is 0. The smallest absolute Gasteiger partial charge is 0.309 e. The van der Waals surface area contributed by atoms with Crippen LogP contribution in [0.4, 0.5) is 0 Å². The van der Waals surface area contributed by atoms with Crippen molar-refractivity contribution in [1.29, 1.82) is 0 Å². The summed E-state index contributed by atoms with van der Waals surface area (Å²) in [6, 6.07) is 0. The van der Waals surface area contributed by atoms with Gasteiger partial charge in [0.25, 0.3) is 0 Å². The monoisotopic (exact) mass is 308 g/mol. The summed E-state index contributed by atoms with van der Waals surface area (Å²) in [5, 5.41) is 0. The van der Waals surface area contributed by atoms with Crippen molar-refractivity contribution in [3.05, 3.63) is 25.3 Å². The molecule has 0 amide bonds. The molecule has 0 heterocycles. The molecule has 1 saturated carbocycles. The molecule has 4 heteroatoms. The van der Waals surface area contributed by atoms with Crippen molar-refractivity contribution in [2.24, 2.45) is 11.8 Å². The fraction of sp³-hybridized carbons (Fsp3) is 0.667. The van der Waals surface area contributed by atoms with E-state index in [1.807, 2.05) is 0 Å². The normalized spacial score (nSPS) is 20.9. The largest absolute Gasteiger partial charge is 0.465 e. The van der Waals surface area contributed by atoms with E-state index < -0.39 is 0 Å². The quantitative estimate of drug-likeness (QED) is 0.350. The second-order valence-electron chi connectivity index (χ2n) is 5.69. The second-order valence-corrected chi connectivity index (χ2v) is 5.69. The van der Waals surface area contributed by atoms with E-state index in [0.717, 1.165) is 38.5 Å². The van der Waals surface area contributed by atoms with E-state index in [2.05, 4.69) is 13.2 Å². The van der Waals surface area contributed by atoms with E-state index in [0.29, 0.717) is 26.1 Å². The third kappa shape index (κ3) is 6.46. The van der Waals surface area contributed by atoms with Crippen LogP contribution in [0.15, 0.2) is 25.3 Å². The zero-order valence-corrected chi connectivity index (χ0v) is 13.4. The number of hydrogen-bond acceptors (Lipinski definition) is 4.